The van der Waals surface area contributed by atoms with Crippen LogP contribution in [-0.2, 0) is 0 Å². The van der Waals surface area contributed by atoms with Crippen LogP contribution >= 0.6 is 35.0 Å². The molecule has 0 bridgehead atoms. The number of rotatable bonds is 1. The van der Waals surface area contributed by atoms with Crippen molar-refractivity contribution in [3.8, 4) is 0 Å². The van der Waals surface area contributed by atoms with Gasteiger partial charge in [-0.2, -0.15) is 0 Å². The minimum absolute atomic E-state index is 0. The highest BCUT2D eigenvalue weighted by atomic mass is 127. The maximum absolute atomic E-state index is 12.4. The van der Waals surface area contributed by atoms with Crippen molar-refractivity contribution < 1.29 is 4.79 Å². The second kappa shape index (κ2) is 6.73. The largest absolute Gasteiger partial charge is 0.336 e. The van der Waals surface area contributed by atoms with Gasteiger partial charge in [0.05, 0.1) is 5.56 Å². The minimum Gasteiger partial charge on any atom is -0.336 e. The third kappa shape index (κ3) is 3.59. The fourth-order valence-corrected chi connectivity index (χ4v) is 2.66. The number of nitrogens with one attached hydrogen (secondary N) is 1. The van der Waals surface area contributed by atoms with Crippen LogP contribution < -0.4 is 5.32 Å². The highest BCUT2D eigenvalue weighted by Crippen LogP contribution is 2.17. The van der Waals surface area contributed by atoms with Gasteiger partial charge in [-0.25, -0.2) is 0 Å². The van der Waals surface area contributed by atoms with Crippen LogP contribution in [0.2, 0.25) is 0 Å². The molecule has 1 heterocycles. The highest BCUT2D eigenvalue weighted by Gasteiger charge is 2.22. The van der Waals surface area contributed by atoms with Crippen molar-refractivity contribution in [3.05, 3.63) is 32.9 Å². The molecule has 0 saturated carbocycles. The Balaban J connectivity index is 0.00000162. The summed E-state index contributed by atoms with van der Waals surface area (Å²) in [6, 6.07) is 6.42. The predicted octanol–water partition coefficient (Wildman–Crippen LogP) is 2.46. The lowest BCUT2D eigenvalue weighted by atomic mass is 10.1. The second-order valence-corrected chi connectivity index (χ2v) is 5.75. The molecule has 1 amide bonds. The van der Waals surface area contributed by atoms with E-state index >= 15 is 0 Å². The van der Waals surface area contributed by atoms with Crippen molar-refractivity contribution in [1.82, 2.24) is 10.2 Å². The van der Waals surface area contributed by atoms with Crippen LogP contribution in [0.5, 0.6) is 0 Å². The van der Waals surface area contributed by atoms with Gasteiger partial charge in [0.25, 0.3) is 5.91 Å². The molecule has 1 fully saturated rings. The normalized spacial score (nSPS) is 19.3. The number of carbonyl (C=O) groups is 1. The van der Waals surface area contributed by atoms with E-state index in [-0.39, 0.29) is 18.3 Å². The van der Waals surface area contributed by atoms with Gasteiger partial charge in [-0.1, -0.05) is 11.6 Å². The van der Waals surface area contributed by atoms with E-state index in [1.54, 1.807) is 0 Å². The molecule has 1 aliphatic rings. The quantitative estimate of drug-likeness (QED) is 0.759. The van der Waals surface area contributed by atoms with Crippen molar-refractivity contribution in [1.29, 1.82) is 0 Å². The Morgan fingerprint density at radius 2 is 2.22 bits per heavy atom. The van der Waals surface area contributed by atoms with E-state index in [2.05, 4.69) is 34.8 Å². The van der Waals surface area contributed by atoms with Gasteiger partial charge in [0.15, 0.2) is 0 Å². The topological polar surface area (TPSA) is 32.3 Å². The first-order valence-corrected chi connectivity index (χ1v) is 6.94. The molecule has 1 aromatic carbocycles. The van der Waals surface area contributed by atoms with E-state index < -0.39 is 0 Å². The molecule has 3 nitrogen and oxygen atoms in total. The zero-order chi connectivity index (χ0) is 12.4. The molecule has 1 unspecified atom stereocenters. The summed E-state index contributed by atoms with van der Waals surface area (Å²) >= 11 is 2.23. The van der Waals surface area contributed by atoms with E-state index in [1.165, 1.54) is 0 Å². The summed E-state index contributed by atoms with van der Waals surface area (Å²) in [6.45, 7) is 6.61. The van der Waals surface area contributed by atoms with E-state index in [9.17, 15) is 4.79 Å². The van der Waals surface area contributed by atoms with Gasteiger partial charge < -0.3 is 10.2 Å². The molecule has 1 aliphatic heterocycles. The van der Waals surface area contributed by atoms with Crippen molar-refractivity contribution in [2.75, 3.05) is 19.6 Å². The van der Waals surface area contributed by atoms with Gasteiger partial charge in [0.1, 0.15) is 0 Å². The van der Waals surface area contributed by atoms with Gasteiger partial charge in [0, 0.05) is 29.2 Å². The predicted molar refractivity (Wildman–Crippen MR) is 84.5 cm³/mol. The fourth-order valence-electron chi connectivity index (χ4n) is 2.09. The zero-order valence-corrected chi connectivity index (χ0v) is 13.5. The third-order valence-electron chi connectivity index (χ3n) is 3.01. The summed E-state index contributed by atoms with van der Waals surface area (Å²) in [5, 5.41) is 3.35. The monoisotopic (exact) mass is 380 g/mol. The van der Waals surface area contributed by atoms with Crippen molar-refractivity contribution in [3.63, 3.8) is 0 Å². The summed E-state index contributed by atoms with van der Waals surface area (Å²) in [6.07, 6.45) is 0. The highest BCUT2D eigenvalue weighted by molar-refractivity contribution is 14.1. The Labute approximate surface area is 128 Å². The molecule has 1 saturated heterocycles. The van der Waals surface area contributed by atoms with Crippen molar-refractivity contribution in [2.45, 2.75) is 19.9 Å². The number of hydrogen-bond donors (Lipinski definition) is 1. The molecule has 100 valence electrons. The maximum atomic E-state index is 12.4. The molecule has 1 N–H and O–H groups in total. The van der Waals surface area contributed by atoms with Crippen LogP contribution in [0, 0.1) is 10.5 Å². The number of carbonyl (C=O) groups excluding carboxylic acids is 1. The Hall–Kier alpha value is -0.330. The average molecular weight is 381 g/mol. The summed E-state index contributed by atoms with van der Waals surface area (Å²) in [7, 11) is 0. The Bertz CT molecular complexity index is 439. The maximum Gasteiger partial charge on any atom is 0.255 e. The number of benzene rings is 1. The van der Waals surface area contributed by atoms with Crippen LogP contribution in [0.25, 0.3) is 0 Å². The molecule has 18 heavy (non-hydrogen) atoms. The Morgan fingerprint density at radius 1 is 1.50 bits per heavy atom. The van der Waals surface area contributed by atoms with Crippen LogP contribution in [0.4, 0.5) is 0 Å². The molecular weight excluding hydrogens is 363 g/mol. The molecule has 0 aliphatic carbocycles. The molecule has 1 aromatic rings. The Morgan fingerprint density at radius 3 is 2.89 bits per heavy atom. The van der Waals surface area contributed by atoms with E-state index in [0.717, 1.165) is 34.3 Å². The molecule has 0 radical (unpaired) electrons. The summed E-state index contributed by atoms with van der Waals surface area (Å²) in [5.41, 5.74) is 1.97. The molecule has 0 aromatic heterocycles. The van der Waals surface area contributed by atoms with Gasteiger partial charge in [-0.15, -0.1) is 12.4 Å². The first-order valence-electron chi connectivity index (χ1n) is 5.87. The van der Waals surface area contributed by atoms with Crippen molar-refractivity contribution >= 4 is 40.9 Å². The van der Waals surface area contributed by atoms with Gasteiger partial charge in [0.2, 0.25) is 0 Å². The van der Waals surface area contributed by atoms with Crippen LogP contribution in [0.3, 0.4) is 0 Å². The average Bonchev–Trinajstić information content (AvgIpc) is 2.31. The number of piperazine rings is 1. The lowest BCUT2D eigenvalue weighted by Gasteiger charge is -2.32. The summed E-state index contributed by atoms with van der Waals surface area (Å²) in [5.74, 6) is 0.159. The summed E-state index contributed by atoms with van der Waals surface area (Å²) in [4.78, 5) is 14.4. The van der Waals surface area contributed by atoms with Crippen molar-refractivity contribution in [2.24, 2.45) is 0 Å². The number of amides is 1. The zero-order valence-electron chi connectivity index (χ0n) is 10.6. The van der Waals surface area contributed by atoms with E-state index in [0.29, 0.717) is 6.04 Å². The lowest BCUT2D eigenvalue weighted by molar-refractivity contribution is 0.0708. The lowest BCUT2D eigenvalue weighted by Crippen LogP contribution is -2.51. The number of halogens is 2. The number of aryl methyl sites for hydroxylation is 1. The fraction of sp³-hybridized carbons (Fsp3) is 0.462. The third-order valence-corrected chi connectivity index (χ3v) is 3.95. The van der Waals surface area contributed by atoms with Gasteiger partial charge in [-0.05, 0) is 48.6 Å². The molecule has 1 atom stereocenters. The molecule has 2 rings (SSSR count). The Kier molecular flexibility index (Phi) is 5.88. The second-order valence-electron chi connectivity index (χ2n) is 4.59. The van der Waals surface area contributed by atoms with Crippen LogP contribution in [0.15, 0.2) is 18.2 Å². The van der Waals surface area contributed by atoms with E-state index in [1.807, 2.05) is 30.0 Å². The number of nitrogens with zero attached hydrogens (tertiary/aromatic N) is 1. The van der Waals surface area contributed by atoms with E-state index in [4.69, 9.17) is 0 Å². The summed E-state index contributed by atoms with van der Waals surface area (Å²) < 4.78 is 1.03. The molecule has 5 heteroatoms. The minimum atomic E-state index is 0. The van der Waals surface area contributed by atoms with Crippen LogP contribution in [0.1, 0.15) is 22.8 Å². The van der Waals surface area contributed by atoms with Gasteiger partial charge in [-0.3, -0.25) is 4.79 Å². The first-order chi connectivity index (χ1) is 8.08. The molecule has 0 spiro atoms. The standard InChI is InChI=1S/C13H17IN2O.ClH/c1-9-3-4-12(14)11(7-9)13(17)16-6-5-15-10(2)8-16;/h3-4,7,10,15H,5-6,8H2,1-2H3;1H. The smallest absolute Gasteiger partial charge is 0.255 e. The first kappa shape index (κ1) is 15.7. The van der Waals surface area contributed by atoms with Gasteiger partial charge >= 0.3 is 0 Å². The number of hydrogen-bond acceptors (Lipinski definition) is 2. The van der Waals surface area contributed by atoms with Crippen LogP contribution in [-0.4, -0.2) is 36.5 Å². The molecular formula is C13H18ClIN2O. The SMILES string of the molecule is Cc1ccc(I)c(C(=O)N2CCNC(C)C2)c1.Cl.